The molecule has 2 aromatic carbocycles. The van der Waals surface area contributed by atoms with E-state index in [1.807, 2.05) is 23.7 Å². The Bertz CT molecular complexity index is 1510. The van der Waals surface area contributed by atoms with Gasteiger partial charge in [-0.05, 0) is 69.9 Å². The second-order valence-corrected chi connectivity index (χ2v) is 10.2. The topological polar surface area (TPSA) is 112 Å². The number of ether oxygens (including phenoxy) is 3. The van der Waals surface area contributed by atoms with Crippen LogP contribution in [-0.4, -0.2) is 51.6 Å². The molecule has 10 nitrogen and oxygen atoms in total. The van der Waals surface area contributed by atoms with Crippen LogP contribution in [0.2, 0.25) is 0 Å². The molecule has 202 valence electrons. The molecule has 0 radical (unpaired) electrons. The highest BCUT2D eigenvalue weighted by molar-refractivity contribution is 5.95. The molecule has 39 heavy (non-hydrogen) atoms. The summed E-state index contributed by atoms with van der Waals surface area (Å²) in [6.45, 7) is 4.55. The third kappa shape index (κ3) is 5.12. The maximum atomic E-state index is 12.8. The highest BCUT2D eigenvalue weighted by Crippen LogP contribution is 2.33. The lowest BCUT2D eigenvalue weighted by atomic mass is 9.91. The second kappa shape index (κ2) is 10.5. The number of hydrogen-bond acceptors (Lipinski definition) is 8. The monoisotopic (exact) mass is 528 g/mol. The van der Waals surface area contributed by atoms with Gasteiger partial charge in [0.15, 0.2) is 23.0 Å². The second-order valence-electron chi connectivity index (χ2n) is 10.2. The van der Waals surface area contributed by atoms with Crippen LogP contribution in [-0.2, 0) is 11.3 Å². The molecular formula is C29H32N6O4. The Balaban J connectivity index is 1.17. The van der Waals surface area contributed by atoms with Crippen molar-refractivity contribution in [1.29, 1.82) is 0 Å². The lowest BCUT2D eigenvalue weighted by Gasteiger charge is -2.30. The molecule has 0 unspecified atom stereocenters. The number of hydrogen-bond donors (Lipinski definition) is 2. The van der Waals surface area contributed by atoms with Gasteiger partial charge in [0.05, 0.1) is 16.8 Å². The number of fused-ring (bicyclic) bond motifs is 2. The average molecular weight is 529 g/mol. The number of carbonyl (C=O) groups excluding carboxylic acids is 1. The minimum Gasteiger partial charge on any atom is -0.454 e. The Morgan fingerprint density at radius 2 is 1.74 bits per heavy atom. The van der Waals surface area contributed by atoms with Crippen LogP contribution in [0.4, 0.5) is 5.82 Å². The van der Waals surface area contributed by atoms with E-state index in [1.165, 1.54) is 5.56 Å². The van der Waals surface area contributed by atoms with Gasteiger partial charge in [0.25, 0.3) is 5.91 Å². The van der Waals surface area contributed by atoms with Gasteiger partial charge in [0.2, 0.25) is 6.79 Å². The van der Waals surface area contributed by atoms with Gasteiger partial charge in [0, 0.05) is 24.8 Å². The van der Waals surface area contributed by atoms with E-state index in [0.717, 1.165) is 53.9 Å². The first-order chi connectivity index (χ1) is 19.0. The smallest absolute Gasteiger partial charge is 0.251 e. The number of nitrogens with one attached hydrogen (secondary N) is 2. The van der Waals surface area contributed by atoms with E-state index in [1.54, 1.807) is 25.3 Å². The Kier molecular flexibility index (Phi) is 6.78. The van der Waals surface area contributed by atoms with Crippen molar-refractivity contribution >= 4 is 22.8 Å². The standard InChI is InChI=1S/C29H32N6O4/c1-17-4-11-22(12-5-17)35-28-26(18(2)34-35)27(32-25(33-28)15-37-3)30-20-7-9-21(10-8-20)31-29(36)19-6-13-23-24(14-19)39-16-38-23/h4-6,11-14,20-21H,7-10,15-16H2,1-3H3,(H,31,36)(H,30,32,33). The molecule has 0 saturated heterocycles. The SMILES string of the molecule is COCc1nc(NC2CCC(NC(=O)c3ccc4c(c3)OCO4)CC2)c2c(C)nn(-c3ccc(C)cc3)c2n1. The average Bonchev–Trinajstić information content (AvgIpc) is 3.54. The molecule has 1 aliphatic carbocycles. The van der Waals surface area contributed by atoms with Crippen LogP contribution in [0.5, 0.6) is 11.5 Å². The Labute approximate surface area is 226 Å². The van der Waals surface area contributed by atoms with Crippen LogP contribution in [0.25, 0.3) is 16.7 Å². The van der Waals surface area contributed by atoms with E-state index >= 15 is 0 Å². The number of benzene rings is 2. The first-order valence-electron chi connectivity index (χ1n) is 13.3. The molecule has 0 atom stereocenters. The first-order valence-corrected chi connectivity index (χ1v) is 13.3. The van der Waals surface area contributed by atoms with Crippen LogP contribution in [0.3, 0.4) is 0 Å². The molecule has 0 bridgehead atoms. The highest BCUT2D eigenvalue weighted by atomic mass is 16.7. The van der Waals surface area contributed by atoms with E-state index in [-0.39, 0.29) is 24.8 Å². The zero-order valence-electron chi connectivity index (χ0n) is 22.4. The van der Waals surface area contributed by atoms with Crippen molar-refractivity contribution in [2.75, 3.05) is 19.2 Å². The molecule has 6 rings (SSSR count). The van der Waals surface area contributed by atoms with Gasteiger partial charge >= 0.3 is 0 Å². The summed E-state index contributed by atoms with van der Waals surface area (Å²) in [5.41, 5.74) is 4.33. The molecule has 2 aliphatic rings. The van der Waals surface area contributed by atoms with Crippen molar-refractivity contribution in [2.45, 2.75) is 58.2 Å². The minimum absolute atomic E-state index is 0.0921. The van der Waals surface area contributed by atoms with Gasteiger partial charge in [-0.15, -0.1) is 0 Å². The zero-order chi connectivity index (χ0) is 26.9. The first kappa shape index (κ1) is 25.1. The molecule has 1 amide bonds. The summed E-state index contributed by atoms with van der Waals surface area (Å²) >= 11 is 0. The van der Waals surface area contributed by atoms with Crippen molar-refractivity contribution in [3.63, 3.8) is 0 Å². The van der Waals surface area contributed by atoms with E-state index < -0.39 is 0 Å². The maximum Gasteiger partial charge on any atom is 0.251 e. The summed E-state index contributed by atoms with van der Waals surface area (Å²) in [4.78, 5) is 22.4. The molecule has 4 aromatic rings. The highest BCUT2D eigenvalue weighted by Gasteiger charge is 2.26. The summed E-state index contributed by atoms with van der Waals surface area (Å²) in [6, 6.07) is 13.9. The zero-order valence-corrected chi connectivity index (χ0v) is 22.4. The van der Waals surface area contributed by atoms with Crippen molar-refractivity contribution in [2.24, 2.45) is 0 Å². The number of anilines is 1. The molecule has 1 fully saturated rings. The summed E-state index contributed by atoms with van der Waals surface area (Å²) in [6.07, 6.45) is 3.55. The maximum absolute atomic E-state index is 12.8. The number of rotatable bonds is 7. The third-order valence-corrected chi connectivity index (χ3v) is 7.34. The number of aryl methyl sites for hydroxylation is 2. The largest absolute Gasteiger partial charge is 0.454 e. The molecule has 2 aromatic heterocycles. The number of aromatic nitrogens is 4. The molecular weight excluding hydrogens is 496 g/mol. The van der Waals surface area contributed by atoms with Gasteiger partial charge in [-0.2, -0.15) is 5.10 Å². The normalized spacial score (nSPS) is 18.3. The van der Waals surface area contributed by atoms with Gasteiger partial charge in [-0.3, -0.25) is 4.79 Å². The Hall–Kier alpha value is -4.18. The van der Waals surface area contributed by atoms with Gasteiger partial charge in [-0.1, -0.05) is 17.7 Å². The van der Waals surface area contributed by atoms with Crippen LogP contribution in [0.15, 0.2) is 42.5 Å². The Morgan fingerprint density at radius 1 is 1.00 bits per heavy atom. The lowest BCUT2D eigenvalue weighted by molar-refractivity contribution is 0.0926. The van der Waals surface area contributed by atoms with Crippen LogP contribution in [0, 0.1) is 13.8 Å². The van der Waals surface area contributed by atoms with Crippen LogP contribution in [0.1, 0.15) is 53.1 Å². The molecule has 10 heteroatoms. The third-order valence-electron chi connectivity index (χ3n) is 7.34. The van der Waals surface area contributed by atoms with Crippen molar-refractivity contribution < 1.29 is 19.0 Å². The van der Waals surface area contributed by atoms with Gasteiger partial charge in [-0.25, -0.2) is 14.6 Å². The summed E-state index contributed by atoms with van der Waals surface area (Å²) in [5.74, 6) is 2.57. The Morgan fingerprint density at radius 3 is 2.51 bits per heavy atom. The number of nitrogens with zero attached hydrogens (tertiary/aromatic N) is 4. The quantitative estimate of drug-likeness (QED) is 0.362. The van der Waals surface area contributed by atoms with Crippen molar-refractivity contribution in [3.8, 4) is 17.2 Å². The minimum atomic E-state index is -0.0921. The van der Waals surface area contributed by atoms with E-state index in [4.69, 9.17) is 29.3 Å². The van der Waals surface area contributed by atoms with Crippen molar-refractivity contribution in [3.05, 3.63) is 65.1 Å². The van der Waals surface area contributed by atoms with E-state index in [9.17, 15) is 4.79 Å². The molecule has 1 saturated carbocycles. The fraction of sp³-hybridized carbons (Fsp3) is 0.379. The molecule has 1 aliphatic heterocycles. The van der Waals surface area contributed by atoms with Crippen LogP contribution < -0.4 is 20.1 Å². The van der Waals surface area contributed by atoms with E-state index in [0.29, 0.717) is 29.5 Å². The lowest BCUT2D eigenvalue weighted by Crippen LogP contribution is -2.40. The summed E-state index contributed by atoms with van der Waals surface area (Å²) in [7, 11) is 1.64. The van der Waals surface area contributed by atoms with Crippen molar-refractivity contribution in [1.82, 2.24) is 25.1 Å². The number of amides is 1. The summed E-state index contributed by atoms with van der Waals surface area (Å²) < 4.78 is 18.0. The van der Waals surface area contributed by atoms with E-state index in [2.05, 4.69) is 29.7 Å². The predicted octanol–water partition coefficient (Wildman–Crippen LogP) is 4.46. The molecule has 2 N–H and O–H groups in total. The van der Waals surface area contributed by atoms with Gasteiger partial charge < -0.3 is 24.8 Å². The fourth-order valence-corrected chi connectivity index (χ4v) is 5.27. The molecule has 0 spiro atoms. The summed E-state index contributed by atoms with van der Waals surface area (Å²) in [5, 5.41) is 12.6. The number of methoxy groups -OCH3 is 1. The fourth-order valence-electron chi connectivity index (χ4n) is 5.27. The predicted molar refractivity (Wildman–Crippen MR) is 147 cm³/mol. The van der Waals surface area contributed by atoms with Gasteiger partial charge in [0.1, 0.15) is 12.4 Å². The van der Waals surface area contributed by atoms with Crippen LogP contribution >= 0.6 is 0 Å². The molecule has 3 heterocycles. The number of carbonyl (C=O) groups is 1.